The predicted octanol–water partition coefficient (Wildman–Crippen LogP) is 2.71. The number of aryl methyl sites for hydroxylation is 1. The van der Waals surface area contributed by atoms with Crippen molar-refractivity contribution in [3.05, 3.63) is 15.6 Å². The second-order valence-electron chi connectivity index (χ2n) is 5.22. The smallest absolute Gasteiger partial charge is 0.308 e. The third-order valence-electron chi connectivity index (χ3n) is 3.75. The Labute approximate surface area is 118 Å². The van der Waals surface area contributed by atoms with Crippen LogP contribution in [0.5, 0.6) is 0 Å². The molecule has 2 rings (SSSR count). The maximum absolute atomic E-state index is 10.9. The van der Waals surface area contributed by atoms with E-state index < -0.39 is 5.97 Å². The number of likely N-dealkylation sites (tertiary alicyclic amines) is 1. The second-order valence-corrected chi connectivity index (χ2v) is 6.38. The highest BCUT2D eigenvalue weighted by molar-refractivity contribution is 7.11. The molecule has 1 unspecified atom stereocenters. The van der Waals surface area contributed by atoms with Crippen molar-refractivity contribution in [3.63, 3.8) is 0 Å². The summed E-state index contributed by atoms with van der Waals surface area (Å²) in [5, 5.41) is 10.00. The Morgan fingerprint density at radius 2 is 2.32 bits per heavy atom. The first-order chi connectivity index (χ1) is 9.10. The van der Waals surface area contributed by atoms with Gasteiger partial charge in [0.05, 0.1) is 18.7 Å². The fraction of sp³-hybridized carbons (Fsp3) is 0.714. The van der Waals surface area contributed by atoms with E-state index in [9.17, 15) is 4.79 Å². The summed E-state index contributed by atoms with van der Waals surface area (Å²) in [7, 11) is 0. The highest BCUT2D eigenvalue weighted by Gasteiger charge is 2.20. The molecule has 1 N–H and O–H groups in total. The van der Waals surface area contributed by atoms with Gasteiger partial charge in [-0.05, 0) is 32.7 Å². The summed E-state index contributed by atoms with van der Waals surface area (Å²) in [5.74, 6) is -0.767. The average molecular weight is 282 g/mol. The molecule has 0 bridgehead atoms. The van der Waals surface area contributed by atoms with Gasteiger partial charge >= 0.3 is 5.97 Å². The molecule has 19 heavy (non-hydrogen) atoms. The fourth-order valence-corrected chi connectivity index (χ4v) is 3.80. The van der Waals surface area contributed by atoms with E-state index in [1.807, 2.05) is 6.92 Å². The topological polar surface area (TPSA) is 53.4 Å². The van der Waals surface area contributed by atoms with Gasteiger partial charge in [-0.1, -0.05) is 13.3 Å². The van der Waals surface area contributed by atoms with Crippen LogP contribution in [0, 0.1) is 0 Å². The Morgan fingerprint density at radius 3 is 2.95 bits per heavy atom. The van der Waals surface area contributed by atoms with E-state index in [-0.39, 0.29) is 6.42 Å². The fourth-order valence-electron chi connectivity index (χ4n) is 2.62. The molecule has 1 aromatic rings. The molecule has 1 aliphatic rings. The summed E-state index contributed by atoms with van der Waals surface area (Å²) < 4.78 is 0. The predicted molar refractivity (Wildman–Crippen MR) is 76.6 cm³/mol. The zero-order valence-corrected chi connectivity index (χ0v) is 12.5. The van der Waals surface area contributed by atoms with Crippen LogP contribution >= 0.6 is 11.3 Å². The Morgan fingerprint density at radius 1 is 1.53 bits per heavy atom. The van der Waals surface area contributed by atoms with Gasteiger partial charge in [0.2, 0.25) is 0 Å². The Bertz CT molecular complexity index is 445. The molecule has 1 aliphatic heterocycles. The molecule has 4 nitrogen and oxygen atoms in total. The first-order valence-electron chi connectivity index (χ1n) is 7.03. The third-order valence-corrected chi connectivity index (χ3v) is 4.83. The number of hydrogen-bond acceptors (Lipinski definition) is 4. The van der Waals surface area contributed by atoms with Crippen molar-refractivity contribution < 1.29 is 9.90 Å². The average Bonchev–Trinajstić information content (AvgIpc) is 2.73. The lowest BCUT2D eigenvalue weighted by Gasteiger charge is -2.32. The van der Waals surface area contributed by atoms with Gasteiger partial charge < -0.3 is 5.11 Å². The van der Waals surface area contributed by atoms with Gasteiger partial charge in [0.25, 0.3) is 0 Å². The first-order valence-corrected chi connectivity index (χ1v) is 7.85. The van der Waals surface area contributed by atoms with Crippen LogP contribution in [0.25, 0.3) is 0 Å². The zero-order valence-electron chi connectivity index (χ0n) is 11.7. The number of carboxylic acid groups (broad SMARTS) is 1. The number of piperidine rings is 1. The number of rotatable bonds is 5. The molecule has 0 amide bonds. The van der Waals surface area contributed by atoms with Crippen molar-refractivity contribution in [1.82, 2.24) is 9.88 Å². The molecule has 0 saturated carbocycles. The maximum atomic E-state index is 10.9. The number of nitrogens with zero attached hydrogens (tertiary/aromatic N) is 2. The molecule has 5 heteroatoms. The Kier molecular flexibility index (Phi) is 4.93. The van der Waals surface area contributed by atoms with E-state index in [4.69, 9.17) is 5.11 Å². The van der Waals surface area contributed by atoms with Crippen molar-refractivity contribution in [3.8, 4) is 0 Å². The summed E-state index contributed by atoms with van der Waals surface area (Å²) >= 11 is 1.57. The molecular formula is C14H22N2O2S. The molecule has 2 heterocycles. The van der Waals surface area contributed by atoms with E-state index in [1.165, 1.54) is 19.3 Å². The summed E-state index contributed by atoms with van der Waals surface area (Å²) in [6, 6.07) is 0.616. The van der Waals surface area contributed by atoms with E-state index in [0.29, 0.717) is 6.04 Å². The van der Waals surface area contributed by atoms with Crippen molar-refractivity contribution in [1.29, 1.82) is 0 Å². The minimum atomic E-state index is -0.767. The van der Waals surface area contributed by atoms with Gasteiger partial charge in [-0.15, -0.1) is 11.3 Å². The van der Waals surface area contributed by atoms with Gasteiger partial charge in [0, 0.05) is 10.9 Å². The van der Waals surface area contributed by atoms with Crippen LogP contribution in [0.15, 0.2) is 0 Å². The van der Waals surface area contributed by atoms with E-state index in [0.717, 1.165) is 35.1 Å². The SMILES string of the molecule is CCc1nc(CN2CCCCC2C)sc1CC(=O)O. The minimum absolute atomic E-state index is 0.108. The molecule has 1 saturated heterocycles. The second kappa shape index (κ2) is 6.48. The molecule has 0 aromatic carbocycles. The number of hydrogen-bond donors (Lipinski definition) is 1. The molecule has 1 fully saturated rings. The number of aromatic nitrogens is 1. The molecule has 0 radical (unpaired) electrons. The van der Waals surface area contributed by atoms with Gasteiger partial charge in [-0.2, -0.15) is 0 Å². The van der Waals surface area contributed by atoms with Crippen LogP contribution in [-0.4, -0.2) is 33.5 Å². The number of carbonyl (C=O) groups is 1. The number of aliphatic carboxylic acids is 1. The summed E-state index contributed by atoms with van der Waals surface area (Å²) in [5.41, 5.74) is 0.965. The highest BCUT2D eigenvalue weighted by atomic mass is 32.1. The quantitative estimate of drug-likeness (QED) is 0.902. The number of thiazole rings is 1. The molecule has 0 spiro atoms. The number of carboxylic acids is 1. The van der Waals surface area contributed by atoms with Gasteiger partial charge in [-0.25, -0.2) is 4.98 Å². The highest BCUT2D eigenvalue weighted by Crippen LogP contribution is 2.24. The van der Waals surface area contributed by atoms with Gasteiger partial charge in [0.1, 0.15) is 5.01 Å². The lowest BCUT2D eigenvalue weighted by atomic mass is 10.0. The molecule has 1 atom stereocenters. The largest absolute Gasteiger partial charge is 0.481 e. The summed E-state index contributed by atoms with van der Waals surface area (Å²) in [4.78, 5) is 18.9. The molecule has 1 aromatic heterocycles. The monoisotopic (exact) mass is 282 g/mol. The van der Waals surface area contributed by atoms with Crippen LogP contribution in [-0.2, 0) is 24.2 Å². The lowest BCUT2D eigenvalue weighted by molar-refractivity contribution is -0.136. The van der Waals surface area contributed by atoms with Gasteiger partial charge in [0.15, 0.2) is 0 Å². The minimum Gasteiger partial charge on any atom is -0.481 e. The van der Waals surface area contributed by atoms with E-state index in [1.54, 1.807) is 11.3 Å². The lowest BCUT2D eigenvalue weighted by Crippen LogP contribution is -2.36. The van der Waals surface area contributed by atoms with Crippen molar-refractivity contribution in [2.45, 2.75) is 58.5 Å². The normalized spacial score (nSPS) is 20.6. The Hall–Kier alpha value is -0.940. The van der Waals surface area contributed by atoms with Crippen LogP contribution in [0.1, 0.15) is 48.7 Å². The molecular weight excluding hydrogens is 260 g/mol. The van der Waals surface area contributed by atoms with E-state index >= 15 is 0 Å². The zero-order chi connectivity index (χ0) is 13.8. The standard InChI is InChI=1S/C14H22N2O2S/c1-3-11-12(8-14(17)18)19-13(15-11)9-16-7-5-4-6-10(16)2/h10H,3-9H2,1-2H3,(H,17,18). The van der Waals surface area contributed by atoms with Gasteiger partial charge in [-0.3, -0.25) is 9.69 Å². The van der Waals surface area contributed by atoms with Crippen molar-refractivity contribution in [2.24, 2.45) is 0 Å². The Balaban J connectivity index is 2.07. The molecule has 106 valence electrons. The third kappa shape index (κ3) is 3.76. The van der Waals surface area contributed by atoms with Crippen LogP contribution in [0.3, 0.4) is 0 Å². The summed E-state index contributed by atoms with van der Waals surface area (Å²) in [6.07, 6.45) is 4.76. The van der Waals surface area contributed by atoms with Crippen LogP contribution in [0.2, 0.25) is 0 Å². The summed E-state index contributed by atoms with van der Waals surface area (Å²) in [6.45, 7) is 6.31. The van der Waals surface area contributed by atoms with E-state index in [2.05, 4.69) is 16.8 Å². The van der Waals surface area contributed by atoms with Crippen molar-refractivity contribution in [2.75, 3.05) is 6.54 Å². The maximum Gasteiger partial charge on any atom is 0.308 e. The van der Waals surface area contributed by atoms with Crippen molar-refractivity contribution >= 4 is 17.3 Å². The van der Waals surface area contributed by atoms with Crippen LogP contribution < -0.4 is 0 Å². The van der Waals surface area contributed by atoms with Crippen LogP contribution in [0.4, 0.5) is 0 Å². The first kappa shape index (κ1) is 14.5. The molecule has 0 aliphatic carbocycles.